The van der Waals surface area contributed by atoms with E-state index in [1.165, 1.54) is 11.4 Å². The summed E-state index contributed by atoms with van der Waals surface area (Å²) in [4.78, 5) is 0. The lowest BCUT2D eigenvalue weighted by molar-refractivity contribution is 0.316. The molecule has 6 nitrogen and oxygen atoms in total. The minimum atomic E-state index is -3.78. The number of benzene rings is 2. The van der Waals surface area contributed by atoms with E-state index in [0.29, 0.717) is 29.5 Å². The molecule has 0 fully saturated rings. The third kappa shape index (κ3) is 3.05. The Bertz CT molecular complexity index is 821. The largest absolute Gasteiger partial charge is 0.495 e. The van der Waals surface area contributed by atoms with Crippen molar-refractivity contribution in [3.8, 4) is 11.5 Å². The standard InChI is InChI=1S/C16H18N2O4S/c1-12-7-8-15(21-2)13(11-12)17-23(19,20)18-9-10-22-16-6-4-3-5-14(16)18/h3-8,11,17H,9-10H2,1-2H3. The van der Waals surface area contributed by atoms with Crippen LogP contribution >= 0.6 is 0 Å². The number of fused-ring (bicyclic) bond motifs is 1. The second-order valence-corrected chi connectivity index (χ2v) is 6.79. The first-order chi connectivity index (χ1) is 11.0. The van der Waals surface area contributed by atoms with Gasteiger partial charge in [-0.1, -0.05) is 18.2 Å². The number of methoxy groups -OCH3 is 1. The Morgan fingerprint density at radius 3 is 2.78 bits per heavy atom. The molecule has 0 atom stereocenters. The lowest BCUT2D eigenvalue weighted by Crippen LogP contribution is -2.41. The summed E-state index contributed by atoms with van der Waals surface area (Å²) in [7, 11) is -2.27. The number of ether oxygens (including phenoxy) is 2. The van der Waals surface area contributed by atoms with E-state index < -0.39 is 10.2 Å². The van der Waals surface area contributed by atoms with Gasteiger partial charge in [0.25, 0.3) is 0 Å². The predicted molar refractivity (Wildman–Crippen MR) is 89.6 cm³/mol. The van der Waals surface area contributed by atoms with Gasteiger partial charge in [0, 0.05) is 0 Å². The molecule has 23 heavy (non-hydrogen) atoms. The molecule has 0 saturated heterocycles. The highest BCUT2D eigenvalue weighted by molar-refractivity contribution is 7.94. The highest BCUT2D eigenvalue weighted by Crippen LogP contribution is 2.34. The second kappa shape index (κ2) is 6.00. The number of nitrogens with one attached hydrogen (secondary N) is 1. The molecule has 0 aromatic heterocycles. The molecule has 1 N–H and O–H groups in total. The highest BCUT2D eigenvalue weighted by Gasteiger charge is 2.29. The second-order valence-electron chi connectivity index (χ2n) is 5.20. The van der Waals surface area contributed by atoms with E-state index in [9.17, 15) is 8.42 Å². The number of aryl methyl sites for hydroxylation is 1. The third-order valence-electron chi connectivity index (χ3n) is 3.57. The molecule has 0 unspecified atom stereocenters. The van der Waals surface area contributed by atoms with Gasteiger partial charge in [-0.3, -0.25) is 4.72 Å². The zero-order valence-electron chi connectivity index (χ0n) is 12.9. The maximum atomic E-state index is 12.8. The quantitative estimate of drug-likeness (QED) is 0.933. The van der Waals surface area contributed by atoms with Crippen LogP contribution in [-0.4, -0.2) is 28.7 Å². The zero-order chi connectivity index (χ0) is 16.4. The van der Waals surface area contributed by atoms with Crippen LogP contribution in [0, 0.1) is 6.92 Å². The van der Waals surface area contributed by atoms with Crippen molar-refractivity contribution < 1.29 is 17.9 Å². The van der Waals surface area contributed by atoms with Crippen LogP contribution in [0.15, 0.2) is 42.5 Å². The molecule has 7 heteroatoms. The van der Waals surface area contributed by atoms with Crippen LogP contribution in [-0.2, 0) is 10.2 Å². The number of rotatable bonds is 4. The minimum Gasteiger partial charge on any atom is -0.495 e. The van der Waals surface area contributed by atoms with E-state index in [1.54, 1.807) is 30.3 Å². The molecular formula is C16H18N2O4S. The van der Waals surface area contributed by atoms with Crippen LogP contribution in [0.2, 0.25) is 0 Å². The fourth-order valence-corrected chi connectivity index (χ4v) is 3.76. The summed E-state index contributed by atoms with van der Waals surface area (Å²) in [6, 6.07) is 12.4. The number of para-hydroxylation sites is 2. The average Bonchev–Trinajstić information content (AvgIpc) is 2.54. The Kier molecular flexibility index (Phi) is 4.04. The summed E-state index contributed by atoms with van der Waals surface area (Å²) in [5.74, 6) is 1.03. The SMILES string of the molecule is COc1ccc(C)cc1NS(=O)(=O)N1CCOc2ccccc21. The molecule has 2 aromatic carbocycles. The summed E-state index contributed by atoms with van der Waals surface area (Å²) >= 11 is 0. The Morgan fingerprint density at radius 2 is 2.00 bits per heavy atom. The highest BCUT2D eigenvalue weighted by atomic mass is 32.2. The molecule has 3 rings (SSSR count). The van der Waals surface area contributed by atoms with Crippen molar-refractivity contribution in [1.29, 1.82) is 0 Å². The van der Waals surface area contributed by atoms with Gasteiger partial charge in [0.2, 0.25) is 0 Å². The summed E-state index contributed by atoms with van der Waals surface area (Å²) in [5, 5.41) is 0. The number of nitrogens with zero attached hydrogens (tertiary/aromatic N) is 1. The molecule has 1 aliphatic rings. The van der Waals surface area contributed by atoms with Gasteiger partial charge in [-0.15, -0.1) is 0 Å². The van der Waals surface area contributed by atoms with Gasteiger partial charge in [-0.05, 0) is 36.8 Å². The summed E-state index contributed by atoms with van der Waals surface area (Å²) in [6.07, 6.45) is 0. The molecule has 1 aliphatic heterocycles. The maximum absolute atomic E-state index is 12.8. The van der Waals surface area contributed by atoms with Crippen LogP contribution in [0.4, 0.5) is 11.4 Å². The Labute approximate surface area is 135 Å². The first-order valence-corrected chi connectivity index (χ1v) is 8.62. The molecule has 0 radical (unpaired) electrons. The molecular weight excluding hydrogens is 316 g/mol. The van der Waals surface area contributed by atoms with Gasteiger partial charge in [0.05, 0.1) is 25.0 Å². The van der Waals surface area contributed by atoms with Crippen molar-refractivity contribution in [3.05, 3.63) is 48.0 Å². The van der Waals surface area contributed by atoms with Crippen molar-refractivity contribution in [3.63, 3.8) is 0 Å². The number of hydrogen-bond donors (Lipinski definition) is 1. The van der Waals surface area contributed by atoms with E-state index in [1.807, 2.05) is 19.1 Å². The minimum absolute atomic E-state index is 0.250. The topological polar surface area (TPSA) is 67.9 Å². The fraction of sp³-hybridized carbons (Fsp3) is 0.250. The zero-order valence-corrected chi connectivity index (χ0v) is 13.8. The summed E-state index contributed by atoms with van der Waals surface area (Å²) in [6.45, 7) is 2.45. The molecule has 0 spiro atoms. The van der Waals surface area contributed by atoms with Gasteiger partial charge in [-0.2, -0.15) is 8.42 Å². The summed E-state index contributed by atoms with van der Waals surface area (Å²) in [5.41, 5.74) is 1.88. The Morgan fingerprint density at radius 1 is 1.22 bits per heavy atom. The smallest absolute Gasteiger partial charge is 0.324 e. The van der Waals surface area contributed by atoms with E-state index in [0.717, 1.165) is 5.56 Å². The average molecular weight is 334 g/mol. The van der Waals surface area contributed by atoms with Gasteiger partial charge in [0.15, 0.2) is 0 Å². The summed E-state index contributed by atoms with van der Waals surface area (Å²) < 4.78 is 40.3. The maximum Gasteiger partial charge on any atom is 0.324 e. The van der Waals surface area contributed by atoms with E-state index in [-0.39, 0.29) is 6.54 Å². The van der Waals surface area contributed by atoms with E-state index in [2.05, 4.69) is 4.72 Å². The monoisotopic (exact) mass is 334 g/mol. The number of hydrogen-bond acceptors (Lipinski definition) is 4. The molecule has 0 aliphatic carbocycles. The molecule has 1 heterocycles. The van der Waals surface area contributed by atoms with Crippen LogP contribution in [0.25, 0.3) is 0 Å². The van der Waals surface area contributed by atoms with Gasteiger partial charge < -0.3 is 9.47 Å². The molecule has 0 bridgehead atoms. The van der Waals surface area contributed by atoms with Crippen molar-refractivity contribution in [1.82, 2.24) is 0 Å². The third-order valence-corrected chi connectivity index (χ3v) is 5.01. The first kappa shape index (κ1) is 15.5. The molecule has 0 amide bonds. The Hall–Kier alpha value is -2.41. The Balaban J connectivity index is 1.96. The molecule has 122 valence electrons. The fourth-order valence-electron chi connectivity index (χ4n) is 2.49. The van der Waals surface area contributed by atoms with E-state index in [4.69, 9.17) is 9.47 Å². The van der Waals surface area contributed by atoms with Gasteiger partial charge in [0.1, 0.15) is 18.1 Å². The van der Waals surface area contributed by atoms with Crippen LogP contribution in [0.3, 0.4) is 0 Å². The van der Waals surface area contributed by atoms with Crippen LogP contribution < -0.4 is 18.5 Å². The molecule has 2 aromatic rings. The van der Waals surface area contributed by atoms with Crippen LogP contribution in [0.1, 0.15) is 5.56 Å². The van der Waals surface area contributed by atoms with Gasteiger partial charge >= 0.3 is 10.2 Å². The lowest BCUT2D eigenvalue weighted by atomic mass is 10.2. The normalized spacial score (nSPS) is 13.9. The van der Waals surface area contributed by atoms with Crippen molar-refractivity contribution >= 4 is 21.6 Å². The van der Waals surface area contributed by atoms with Crippen molar-refractivity contribution in [2.75, 3.05) is 29.3 Å². The van der Waals surface area contributed by atoms with Crippen molar-refractivity contribution in [2.24, 2.45) is 0 Å². The van der Waals surface area contributed by atoms with Crippen LogP contribution in [0.5, 0.6) is 11.5 Å². The first-order valence-electron chi connectivity index (χ1n) is 7.18. The van der Waals surface area contributed by atoms with Crippen molar-refractivity contribution in [2.45, 2.75) is 6.92 Å². The lowest BCUT2D eigenvalue weighted by Gasteiger charge is -2.30. The van der Waals surface area contributed by atoms with E-state index >= 15 is 0 Å². The van der Waals surface area contributed by atoms with Gasteiger partial charge in [-0.25, -0.2) is 4.31 Å². The molecule has 0 saturated carbocycles. The number of anilines is 2. The predicted octanol–water partition coefficient (Wildman–Crippen LogP) is 2.56.